The quantitative estimate of drug-likeness (QED) is 0.907. The van der Waals surface area contributed by atoms with Gasteiger partial charge < -0.3 is 15.4 Å². The van der Waals surface area contributed by atoms with Crippen molar-refractivity contribution in [3.05, 3.63) is 29.6 Å². The van der Waals surface area contributed by atoms with Crippen LogP contribution in [0.4, 0.5) is 10.1 Å². The molecule has 0 spiro atoms. The number of hydrogen-bond donors (Lipinski definition) is 1. The van der Waals surface area contributed by atoms with Crippen molar-refractivity contribution >= 4 is 18.1 Å². The molecule has 1 saturated heterocycles. The molecule has 5 heteroatoms. The van der Waals surface area contributed by atoms with Crippen LogP contribution in [0, 0.1) is 5.82 Å². The summed E-state index contributed by atoms with van der Waals surface area (Å²) in [4.78, 5) is 2.05. The number of ether oxygens (including phenoxy) is 1. The number of rotatable bonds is 2. The van der Waals surface area contributed by atoms with Crippen molar-refractivity contribution in [2.75, 3.05) is 31.2 Å². The largest absolute Gasteiger partial charge is 0.378 e. The number of hydrogen-bond acceptors (Lipinski definition) is 3. The van der Waals surface area contributed by atoms with Crippen LogP contribution in [0.2, 0.25) is 0 Å². The summed E-state index contributed by atoms with van der Waals surface area (Å²) in [6.07, 6.45) is 3.17. The number of nitrogens with two attached hydrogens (primary N) is 1. The van der Waals surface area contributed by atoms with Crippen LogP contribution in [0.1, 0.15) is 24.8 Å². The Kier molecular flexibility index (Phi) is 4.33. The standard InChI is InChI=1S/C14H19FN2O.ClH/c15-12-3-2-11(14(16)4-1-5-14)10-13(12)17-6-8-18-9-7-17;/h2-3,10H,1,4-9,16H2;1H. The Morgan fingerprint density at radius 3 is 2.47 bits per heavy atom. The van der Waals surface area contributed by atoms with Crippen molar-refractivity contribution in [3.8, 4) is 0 Å². The van der Waals surface area contributed by atoms with Crippen LogP contribution in [-0.2, 0) is 10.3 Å². The minimum atomic E-state index is -0.227. The topological polar surface area (TPSA) is 38.5 Å². The lowest BCUT2D eigenvalue weighted by Gasteiger charge is -2.39. The number of nitrogens with zero attached hydrogens (tertiary/aromatic N) is 1. The smallest absolute Gasteiger partial charge is 0.146 e. The molecule has 2 fully saturated rings. The monoisotopic (exact) mass is 286 g/mol. The Bertz CT molecular complexity index is 445. The van der Waals surface area contributed by atoms with Gasteiger partial charge in [-0.25, -0.2) is 4.39 Å². The first kappa shape index (κ1) is 14.6. The van der Waals surface area contributed by atoms with Crippen molar-refractivity contribution in [3.63, 3.8) is 0 Å². The van der Waals surface area contributed by atoms with Gasteiger partial charge in [0.25, 0.3) is 0 Å². The molecule has 1 aliphatic heterocycles. The highest BCUT2D eigenvalue weighted by atomic mass is 35.5. The maximum absolute atomic E-state index is 13.9. The van der Waals surface area contributed by atoms with E-state index in [9.17, 15) is 4.39 Å². The van der Waals surface area contributed by atoms with Crippen LogP contribution < -0.4 is 10.6 Å². The molecular formula is C14H20ClFN2O. The SMILES string of the molecule is Cl.NC1(c2ccc(F)c(N3CCOCC3)c2)CCC1. The van der Waals surface area contributed by atoms with Crippen LogP contribution in [-0.4, -0.2) is 26.3 Å². The fourth-order valence-corrected chi connectivity index (χ4v) is 2.72. The van der Waals surface area contributed by atoms with E-state index in [-0.39, 0.29) is 23.8 Å². The second-order valence-corrected chi connectivity index (χ2v) is 5.28. The average Bonchev–Trinajstić information content (AvgIpc) is 2.37. The predicted octanol–water partition coefficient (Wildman–Crippen LogP) is 2.42. The van der Waals surface area contributed by atoms with Crippen molar-refractivity contribution in [1.82, 2.24) is 0 Å². The van der Waals surface area contributed by atoms with Gasteiger partial charge in [0.2, 0.25) is 0 Å². The molecule has 3 nitrogen and oxygen atoms in total. The van der Waals surface area contributed by atoms with Crippen molar-refractivity contribution < 1.29 is 9.13 Å². The molecule has 0 radical (unpaired) electrons. The highest BCUT2D eigenvalue weighted by molar-refractivity contribution is 5.85. The van der Waals surface area contributed by atoms with E-state index in [2.05, 4.69) is 0 Å². The summed E-state index contributed by atoms with van der Waals surface area (Å²) in [5.41, 5.74) is 7.82. The first-order valence-corrected chi connectivity index (χ1v) is 6.61. The summed E-state index contributed by atoms with van der Waals surface area (Å²) >= 11 is 0. The Morgan fingerprint density at radius 2 is 1.89 bits per heavy atom. The first-order chi connectivity index (χ1) is 8.69. The average molecular weight is 287 g/mol. The maximum Gasteiger partial charge on any atom is 0.146 e. The summed E-state index contributed by atoms with van der Waals surface area (Å²) in [6, 6.07) is 5.31. The number of morpholine rings is 1. The summed E-state index contributed by atoms with van der Waals surface area (Å²) in [5, 5.41) is 0. The molecule has 0 aromatic heterocycles. The van der Waals surface area contributed by atoms with Gasteiger partial charge in [-0.2, -0.15) is 0 Å². The van der Waals surface area contributed by atoms with E-state index in [4.69, 9.17) is 10.5 Å². The van der Waals surface area contributed by atoms with E-state index >= 15 is 0 Å². The van der Waals surface area contributed by atoms with Gasteiger partial charge in [-0.05, 0) is 37.0 Å². The molecule has 2 N–H and O–H groups in total. The Hall–Kier alpha value is -0.840. The molecule has 1 heterocycles. The normalized spacial score (nSPS) is 21.5. The molecule has 106 valence electrons. The Labute approximate surface area is 119 Å². The van der Waals surface area contributed by atoms with Gasteiger partial charge in [-0.3, -0.25) is 0 Å². The zero-order valence-electron chi connectivity index (χ0n) is 10.9. The molecule has 3 rings (SSSR count). The minimum absolute atomic E-state index is 0. The Morgan fingerprint density at radius 1 is 1.21 bits per heavy atom. The van der Waals surface area contributed by atoms with Crippen molar-refractivity contribution in [2.45, 2.75) is 24.8 Å². The van der Waals surface area contributed by atoms with Crippen LogP contribution in [0.25, 0.3) is 0 Å². The lowest BCUT2D eigenvalue weighted by Crippen LogP contribution is -2.43. The molecule has 1 aliphatic carbocycles. The molecule has 0 atom stereocenters. The number of anilines is 1. The molecule has 0 unspecified atom stereocenters. The van der Waals surface area contributed by atoms with Crippen molar-refractivity contribution in [2.24, 2.45) is 5.73 Å². The predicted molar refractivity (Wildman–Crippen MR) is 76.4 cm³/mol. The number of benzene rings is 1. The third-order valence-electron chi connectivity index (χ3n) is 4.12. The molecule has 19 heavy (non-hydrogen) atoms. The second-order valence-electron chi connectivity index (χ2n) is 5.28. The molecule has 0 amide bonds. The molecule has 2 aliphatic rings. The Balaban J connectivity index is 0.00000133. The molecule has 0 bridgehead atoms. The van der Waals surface area contributed by atoms with Gasteiger partial charge in [0, 0.05) is 18.6 Å². The summed E-state index contributed by atoms with van der Waals surface area (Å²) in [6.45, 7) is 2.82. The van der Waals surface area contributed by atoms with Crippen LogP contribution in [0.3, 0.4) is 0 Å². The van der Waals surface area contributed by atoms with Gasteiger partial charge in [-0.15, -0.1) is 12.4 Å². The van der Waals surface area contributed by atoms with E-state index in [1.807, 2.05) is 17.0 Å². The number of halogens is 2. The maximum atomic E-state index is 13.9. The zero-order chi connectivity index (χ0) is 12.6. The van der Waals surface area contributed by atoms with E-state index in [1.54, 1.807) is 6.07 Å². The van der Waals surface area contributed by atoms with E-state index < -0.39 is 0 Å². The fraction of sp³-hybridized carbons (Fsp3) is 0.571. The minimum Gasteiger partial charge on any atom is -0.378 e. The highest BCUT2D eigenvalue weighted by Crippen LogP contribution is 2.40. The highest BCUT2D eigenvalue weighted by Gasteiger charge is 2.35. The van der Waals surface area contributed by atoms with Gasteiger partial charge in [0.05, 0.1) is 18.9 Å². The van der Waals surface area contributed by atoms with E-state index in [0.717, 1.165) is 31.5 Å². The van der Waals surface area contributed by atoms with Crippen LogP contribution in [0.5, 0.6) is 0 Å². The fourth-order valence-electron chi connectivity index (χ4n) is 2.72. The van der Waals surface area contributed by atoms with Gasteiger partial charge in [0.1, 0.15) is 5.82 Å². The summed E-state index contributed by atoms with van der Waals surface area (Å²) < 4.78 is 19.2. The lowest BCUT2D eigenvalue weighted by molar-refractivity contribution is 0.122. The molecule has 1 aromatic rings. The zero-order valence-corrected chi connectivity index (χ0v) is 11.7. The second kappa shape index (κ2) is 5.65. The van der Waals surface area contributed by atoms with E-state index in [0.29, 0.717) is 18.9 Å². The van der Waals surface area contributed by atoms with Gasteiger partial charge in [0.15, 0.2) is 0 Å². The van der Waals surface area contributed by atoms with Crippen LogP contribution >= 0.6 is 12.4 Å². The molecular weight excluding hydrogens is 267 g/mol. The van der Waals surface area contributed by atoms with Crippen LogP contribution in [0.15, 0.2) is 18.2 Å². The third-order valence-corrected chi connectivity index (χ3v) is 4.12. The van der Waals surface area contributed by atoms with Crippen molar-refractivity contribution in [1.29, 1.82) is 0 Å². The summed E-state index contributed by atoms with van der Waals surface area (Å²) in [5.74, 6) is -0.163. The van der Waals surface area contributed by atoms with Gasteiger partial charge >= 0.3 is 0 Å². The molecule has 1 saturated carbocycles. The third kappa shape index (κ3) is 2.71. The first-order valence-electron chi connectivity index (χ1n) is 6.61. The lowest BCUT2D eigenvalue weighted by atomic mass is 9.72. The van der Waals surface area contributed by atoms with E-state index in [1.165, 1.54) is 6.42 Å². The summed E-state index contributed by atoms with van der Waals surface area (Å²) in [7, 11) is 0. The van der Waals surface area contributed by atoms with Gasteiger partial charge in [-0.1, -0.05) is 6.07 Å². The molecule has 1 aromatic carbocycles.